The van der Waals surface area contributed by atoms with Crippen LogP contribution in [0.4, 0.5) is 5.69 Å². The van der Waals surface area contributed by atoms with Gasteiger partial charge in [0, 0.05) is 18.0 Å². The number of benzene rings is 2. The number of ether oxygens (including phenoxy) is 2. The lowest BCUT2D eigenvalue weighted by molar-refractivity contribution is -0.141. The van der Waals surface area contributed by atoms with E-state index in [0.717, 1.165) is 35.0 Å². The van der Waals surface area contributed by atoms with Crippen molar-refractivity contribution in [3.05, 3.63) is 77.0 Å². The van der Waals surface area contributed by atoms with Crippen molar-refractivity contribution in [2.75, 3.05) is 30.8 Å². The molecule has 2 aliphatic rings. The highest BCUT2D eigenvalue weighted by Gasteiger charge is 2.38. The van der Waals surface area contributed by atoms with E-state index in [9.17, 15) is 9.59 Å². The van der Waals surface area contributed by atoms with Crippen molar-refractivity contribution in [3.63, 3.8) is 0 Å². The molecule has 0 bridgehead atoms. The lowest BCUT2D eigenvalue weighted by Crippen LogP contribution is -2.42. The van der Waals surface area contributed by atoms with Crippen molar-refractivity contribution < 1.29 is 19.1 Å². The minimum absolute atomic E-state index is 0.0477. The monoisotopic (exact) mass is 507 g/mol. The van der Waals surface area contributed by atoms with Crippen molar-refractivity contribution in [1.29, 1.82) is 0 Å². The third kappa shape index (κ3) is 6.56. The fourth-order valence-corrected chi connectivity index (χ4v) is 5.24. The van der Waals surface area contributed by atoms with E-state index in [2.05, 4.69) is 10.2 Å². The van der Waals surface area contributed by atoms with Crippen LogP contribution in [0.1, 0.15) is 44.4 Å². The third-order valence-corrected chi connectivity index (χ3v) is 6.93. The molecule has 0 spiro atoms. The summed E-state index contributed by atoms with van der Waals surface area (Å²) in [6.07, 6.45) is 1.00. The van der Waals surface area contributed by atoms with Crippen LogP contribution in [0.5, 0.6) is 0 Å². The van der Waals surface area contributed by atoms with Crippen LogP contribution in [0.2, 0.25) is 0 Å². The van der Waals surface area contributed by atoms with E-state index in [-0.39, 0.29) is 30.4 Å². The molecule has 0 saturated carbocycles. The topological polar surface area (TPSA) is 80.2 Å². The Bertz CT molecular complexity index is 1150. The minimum atomic E-state index is -0.340. The summed E-state index contributed by atoms with van der Waals surface area (Å²) < 4.78 is 11.2. The van der Waals surface area contributed by atoms with Gasteiger partial charge in [0.25, 0.3) is 0 Å². The van der Waals surface area contributed by atoms with Crippen molar-refractivity contribution in [2.24, 2.45) is 10.9 Å². The molecule has 1 fully saturated rings. The molecule has 2 aromatic rings. The van der Waals surface area contributed by atoms with Gasteiger partial charge >= 0.3 is 5.97 Å². The first kappa shape index (κ1) is 26.0. The summed E-state index contributed by atoms with van der Waals surface area (Å²) in [5.74, 6) is 0.671. The standard InChI is InChI=1S/C28H33N3O4S/c1-19(2)16-35-27(33)25-20(3)29-28-31(13-8-14-36-28)26(25)22-11-7-12-23(15-22)30-24(32)18-34-17-21-9-5-4-6-10-21/h4-7,9-12,15,19,26H,8,13-14,16-18H2,1-3H3,(H,30,32). The molecule has 1 saturated heterocycles. The molecule has 0 aromatic heterocycles. The van der Waals surface area contributed by atoms with Gasteiger partial charge in [0.1, 0.15) is 6.61 Å². The highest BCUT2D eigenvalue weighted by atomic mass is 32.2. The highest BCUT2D eigenvalue weighted by molar-refractivity contribution is 8.13. The van der Waals surface area contributed by atoms with Crippen molar-refractivity contribution >= 4 is 34.5 Å². The van der Waals surface area contributed by atoms with Gasteiger partial charge in [0.2, 0.25) is 5.91 Å². The number of amides is 1. The average molecular weight is 508 g/mol. The number of esters is 1. The van der Waals surface area contributed by atoms with E-state index in [1.807, 2.05) is 75.4 Å². The van der Waals surface area contributed by atoms with Gasteiger partial charge in [-0.3, -0.25) is 4.79 Å². The van der Waals surface area contributed by atoms with Gasteiger partial charge in [-0.1, -0.05) is 68.1 Å². The van der Waals surface area contributed by atoms with E-state index >= 15 is 0 Å². The number of nitrogens with one attached hydrogen (secondary N) is 1. The zero-order valence-corrected chi connectivity index (χ0v) is 21.8. The summed E-state index contributed by atoms with van der Waals surface area (Å²) in [4.78, 5) is 32.7. The molecule has 190 valence electrons. The van der Waals surface area contributed by atoms with Crippen LogP contribution in [-0.4, -0.2) is 47.5 Å². The number of carbonyl (C=O) groups excluding carboxylic acids is 2. The SMILES string of the molecule is CC1=C(C(=O)OCC(C)C)C(c2cccc(NC(=O)COCc3ccccc3)c2)N2CCCSC2=N1. The molecule has 36 heavy (non-hydrogen) atoms. The van der Waals surface area contributed by atoms with E-state index in [0.29, 0.717) is 30.2 Å². The zero-order chi connectivity index (χ0) is 25.5. The van der Waals surface area contributed by atoms with E-state index in [4.69, 9.17) is 14.5 Å². The maximum absolute atomic E-state index is 13.2. The molecule has 1 unspecified atom stereocenters. The van der Waals surface area contributed by atoms with Crippen LogP contribution in [0, 0.1) is 5.92 Å². The first-order valence-corrected chi connectivity index (χ1v) is 13.3. The Labute approximate surface area is 217 Å². The number of rotatable bonds is 9. The maximum atomic E-state index is 13.2. The lowest BCUT2D eigenvalue weighted by Gasteiger charge is -2.40. The predicted molar refractivity (Wildman–Crippen MR) is 144 cm³/mol. The first-order chi connectivity index (χ1) is 17.4. The van der Waals surface area contributed by atoms with E-state index in [1.54, 1.807) is 11.8 Å². The molecule has 2 aromatic carbocycles. The second kappa shape index (κ2) is 12.2. The van der Waals surface area contributed by atoms with Crippen molar-refractivity contribution in [3.8, 4) is 0 Å². The van der Waals surface area contributed by atoms with Crippen LogP contribution in [0.25, 0.3) is 0 Å². The molecule has 8 heteroatoms. The second-order valence-corrected chi connectivity index (χ2v) is 10.4. The summed E-state index contributed by atoms with van der Waals surface area (Å²) in [5.41, 5.74) is 3.81. The molecular formula is C28H33N3O4S. The number of anilines is 1. The predicted octanol–water partition coefficient (Wildman–Crippen LogP) is 5.16. The van der Waals surface area contributed by atoms with Crippen LogP contribution < -0.4 is 5.32 Å². The fraction of sp³-hybridized carbons (Fsp3) is 0.393. The van der Waals surface area contributed by atoms with Gasteiger partial charge in [0.05, 0.1) is 30.5 Å². The van der Waals surface area contributed by atoms with Crippen molar-refractivity contribution in [2.45, 2.75) is 39.8 Å². The number of thioether (sulfide) groups is 1. The summed E-state index contributed by atoms with van der Waals surface area (Å²) in [6, 6.07) is 17.1. The fourth-order valence-electron chi connectivity index (χ4n) is 4.22. The van der Waals surface area contributed by atoms with Gasteiger partial charge in [-0.25, -0.2) is 9.79 Å². The number of aliphatic imine (C=N–C) groups is 1. The Balaban J connectivity index is 1.51. The van der Waals surface area contributed by atoms with Crippen molar-refractivity contribution in [1.82, 2.24) is 4.90 Å². The van der Waals surface area contributed by atoms with Gasteiger partial charge in [0.15, 0.2) is 5.17 Å². The van der Waals surface area contributed by atoms with E-state index in [1.165, 1.54) is 0 Å². The molecule has 0 radical (unpaired) electrons. The Morgan fingerprint density at radius 1 is 1.17 bits per heavy atom. The average Bonchev–Trinajstić information content (AvgIpc) is 2.87. The number of nitrogens with zero attached hydrogens (tertiary/aromatic N) is 2. The maximum Gasteiger partial charge on any atom is 0.338 e. The number of hydrogen-bond donors (Lipinski definition) is 1. The minimum Gasteiger partial charge on any atom is -0.462 e. The summed E-state index contributed by atoms with van der Waals surface area (Å²) >= 11 is 1.71. The van der Waals surface area contributed by atoms with Crippen LogP contribution >= 0.6 is 11.8 Å². The van der Waals surface area contributed by atoms with Gasteiger partial charge in [-0.15, -0.1) is 0 Å². The number of carbonyl (C=O) groups is 2. The normalized spacial score (nSPS) is 17.5. The molecule has 2 heterocycles. The number of hydrogen-bond acceptors (Lipinski definition) is 7. The molecule has 1 N–H and O–H groups in total. The van der Waals surface area contributed by atoms with Crippen LogP contribution in [0.15, 0.2) is 70.9 Å². The quantitative estimate of drug-likeness (QED) is 0.472. The molecule has 7 nitrogen and oxygen atoms in total. The van der Waals surface area contributed by atoms with Gasteiger partial charge < -0.3 is 19.7 Å². The first-order valence-electron chi connectivity index (χ1n) is 12.3. The number of amidine groups is 1. The molecule has 1 atom stereocenters. The molecule has 2 aliphatic heterocycles. The zero-order valence-electron chi connectivity index (χ0n) is 21.0. The van der Waals surface area contributed by atoms with Gasteiger partial charge in [-0.2, -0.15) is 0 Å². The molecular weight excluding hydrogens is 474 g/mol. The Morgan fingerprint density at radius 2 is 1.97 bits per heavy atom. The number of allylic oxidation sites excluding steroid dienone is 1. The van der Waals surface area contributed by atoms with Crippen LogP contribution in [-0.2, 0) is 25.7 Å². The van der Waals surface area contributed by atoms with Crippen LogP contribution in [0.3, 0.4) is 0 Å². The third-order valence-electron chi connectivity index (χ3n) is 5.86. The molecule has 1 amide bonds. The molecule has 4 rings (SSSR count). The Morgan fingerprint density at radius 3 is 2.75 bits per heavy atom. The Kier molecular flexibility index (Phi) is 8.83. The van der Waals surface area contributed by atoms with E-state index < -0.39 is 0 Å². The highest BCUT2D eigenvalue weighted by Crippen LogP contribution is 2.40. The smallest absolute Gasteiger partial charge is 0.338 e. The summed E-state index contributed by atoms with van der Waals surface area (Å²) in [6.45, 7) is 7.38. The molecule has 0 aliphatic carbocycles. The summed E-state index contributed by atoms with van der Waals surface area (Å²) in [7, 11) is 0. The summed E-state index contributed by atoms with van der Waals surface area (Å²) in [5, 5.41) is 3.85. The second-order valence-electron chi connectivity index (χ2n) is 9.34. The largest absolute Gasteiger partial charge is 0.462 e. The number of fused-ring (bicyclic) bond motifs is 1. The van der Waals surface area contributed by atoms with Gasteiger partial charge in [-0.05, 0) is 42.5 Å². The lowest BCUT2D eigenvalue weighted by atomic mass is 9.94. The Hall–Kier alpha value is -3.10.